The molecule has 1 amide bonds. The van der Waals surface area contributed by atoms with Crippen LogP contribution in [0.4, 0.5) is 15.5 Å². The van der Waals surface area contributed by atoms with Gasteiger partial charge in [-0.2, -0.15) is 0 Å². The second-order valence-electron chi connectivity index (χ2n) is 10.5. The van der Waals surface area contributed by atoms with Crippen molar-refractivity contribution >= 4 is 44.8 Å². The normalized spacial score (nSPS) is 14.1. The van der Waals surface area contributed by atoms with E-state index in [1.807, 2.05) is 81.4 Å². The van der Waals surface area contributed by atoms with Crippen LogP contribution in [0.1, 0.15) is 36.7 Å². The van der Waals surface area contributed by atoms with Gasteiger partial charge in [-0.3, -0.25) is 9.78 Å². The van der Waals surface area contributed by atoms with Crippen molar-refractivity contribution < 1.29 is 14.3 Å². The molecular weight excluding hydrogens is 496 g/mol. The number of ketones is 1. The largest absolute Gasteiger partial charge is 0.444 e. The number of ether oxygens (including phenoxy) is 1. The number of rotatable bonds is 5. The summed E-state index contributed by atoms with van der Waals surface area (Å²) in [6.07, 6.45) is 1.62. The fourth-order valence-electron chi connectivity index (χ4n) is 4.53. The smallest absolute Gasteiger partial charge is 0.410 e. The van der Waals surface area contributed by atoms with Gasteiger partial charge in [-0.15, -0.1) is 11.3 Å². The Morgan fingerprint density at radius 3 is 2.45 bits per heavy atom. The molecule has 1 fully saturated rings. The Hall–Kier alpha value is -3.91. The first-order chi connectivity index (χ1) is 18.2. The van der Waals surface area contributed by atoms with Gasteiger partial charge in [0.1, 0.15) is 5.60 Å². The molecule has 2 N–H and O–H groups in total. The van der Waals surface area contributed by atoms with E-state index in [1.54, 1.807) is 11.1 Å². The summed E-state index contributed by atoms with van der Waals surface area (Å²) in [7, 11) is 0. The van der Waals surface area contributed by atoms with E-state index in [4.69, 9.17) is 10.5 Å². The molecule has 0 spiro atoms. The summed E-state index contributed by atoms with van der Waals surface area (Å²) in [5.41, 5.74) is 10.1. The Balaban J connectivity index is 1.25. The van der Waals surface area contributed by atoms with Crippen molar-refractivity contribution in [2.45, 2.75) is 32.8 Å². The first kappa shape index (κ1) is 25.7. The molecular formula is C30H32N4O3S. The third-order valence-electron chi connectivity index (χ3n) is 6.54. The van der Waals surface area contributed by atoms with Gasteiger partial charge in [0.15, 0.2) is 5.78 Å². The molecule has 5 rings (SSSR count). The van der Waals surface area contributed by atoms with Gasteiger partial charge in [-0.25, -0.2) is 4.79 Å². The number of nitrogens with two attached hydrogens (primary N) is 1. The van der Waals surface area contributed by atoms with E-state index in [2.05, 4.69) is 9.88 Å². The number of anilines is 2. The van der Waals surface area contributed by atoms with E-state index >= 15 is 0 Å². The maximum Gasteiger partial charge on any atom is 0.410 e. The quantitative estimate of drug-likeness (QED) is 0.318. The molecule has 0 saturated carbocycles. The Morgan fingerprint density at radius 1 is 1.00 bits per heavy atom. The molecule has 1 saturated heterocycles. The third-order valence-corrected chi connectivity index (χ3v) is 7.59. The number of fused-ring (bicyclic) bond motifs is 1. The van der Waals surface area contributed by atoms with Crippen LogP contribution >= 0.6 is 11.3 Å². The Kier molecular flexibility index (Phi) is 7.08. The molecule has 0 bridgehead atoms. The van der Waals surface area contributed by atoms with E-state index in [1.165, 1.54) is 11.3 Å². The van der Waals surface area contributed by atoms with Crippen molar-refractivity contribution in [3.63, 3.8) is 0 Å². The standard InChI is InChI=1S/C30H32N4O3S/c1-30(2,3)37-29(36)34-13-11-33(12-14-34)24-10-9-21-15-23(19-32-25(21)18-24)26(35)16-22-17-27(38-28(22)31)20-7-5-4-6-8-20/h4-10,15,17-19H,11-14,16,31H2,1-3H3. The molecule has 1 aliphatic heterocycles. The highest BCUT2D eigenvalue weighted by Gasteiger charge is 2.26. The Labute approximate surface area is 226 Å². The summed E-state index contributed by atoms with van der Waals surface area (Å²) >= 11 is 1.50. The summed E-state index contributed by atoms with van der Waals surface area (Å²) in [5.74, 6) is -0.00847. The van der Waals surface area contributed by atoms with Crippen molar-refractivity contribution in [3.8, 4) is 10.4 Å². The lowest BCUT2D eigenvalue weighted by atomic mass is 10.0. The van der Waals surface area contributed by atoms with E-state index in [0.29, 0.717) is 36.7 Å². The maximum absolute atomic E-state index is 13.1. The van der Waals surface area contributed by atoms with Crippen LogP contribution in [0.15, 0.2) is 66.9 Å². The SMILES string of the molecule is CC(C)(C)OC(=O)N1CCN(c2ccc3cc(C(=O)Cc4cc(-c5ccccc5)sc4N)cnc3c2)CC1. The topological polar surface area (TPSA) is 88.8 Å². The summed E-state index contributed by atoms with van der Waals surface area (Å²) in [6.45, 7) is 8.27. The number of carbonyl (C=O) groups excluding carboxylic acids is 2. The first-order valence-electron chi connectivity index (χ1n) is 12.8. The Morgan fingerprint density at radius 2 is 1.74 bits per heavy atom. The fraction of sp³-hybridized carbons (Fsp3) is 0.300. The fourth-order valence-corrected chi connectivity index (χ4v) is 5.49. The number of piperazine rings is 1. The lowest BCUT2D eigenvalue weighted by Gasteiger charge is -2.36. The maximum atomic E-state index is 13.1. The van der Waals surface area contributed by atoms with Crippen LogP contribution in [0.2, 0.25) is 0 Å². The van der Waals surface area contributed by atoms with Crippen LogP contribution in [0.3, 0.4) is 0 Å². The highest BCUT2D eigenvalue weighted by Crippen LogP contribution is 2.34. The summed E-state index contributed by atoms with van der Waals surface area (Å²) < 4.78 is 5.50. The van der Waals surface area contributed by atoms with Crippen LogP contribution < -0.4 is 10.6 Å². The highest BCUT2D eigenvalue weighted by atomic mass is 32.1. The van der Waals surface area contributed by atoms with Gasteiger partial charge in [0.05, 0.1) is 10.5 Å². The van der Waals surface area contributed by atoms with Crippen LogP contribution in [0.5, 0.6) is 0 Å². The number of nitrogen functional groups attached to an aromatic ring is 1. The minimum atomic E-state index is -0.500. The summed E-state index contributed by atoms with van der Waals surface area (Å²) in [4.78, 5) is 35.1. The number of pyridine rings is 1. The molecule has 0 aliphatic carbocycles. The van der Waals surface area contributed by atoms with Gasteiger partial charge >= 0.3 is 6.09 Å². The minimum Gasteiger partial charge on any atom is -0.444 e. The number of Topliss-reactive ketones (excluding diaryl/α,β-unsaturated/α-hetero) is 1. The van der Waals surface area contributed by atoms with Crippen LogP contribution in [-0.2, 0) is 11.2 Å². The molecule has 0 atom stereocenters. The number of amides is 1. The van der Waals surface area contributed by atoms with Gasteiger partial charge in [-0.05, 0) is 56.2 Å². The van der Waals surface area contributed by atoms with E-state index in [0.717, 1.165) is 32.6 Å². The lowest BCUT2D eigenvalue weighted by molar-refractivity contribution is 0.0240. The molecule has 0 unspecified atom stereocenters. The first-order valence-corrected chi connectivity index (χ1v) is 13.6. The lowest BCUT2D eigenvalue weighted by Crippen LogP contribution is -2.50. The number of benzene rings is 2. The zero-order valence-electron chi connectivity index (χ0n) is 21.9. The van der Waals surface area contributed by atoms with Crippen LogP contribution in [0.25, 0.3) is 21.3 Å². The average Bonchev–Trinajstić information content (AvgIpc) is 3.27. The molecule has 3 heterocycles. The zero-order valence-corrected chi connectivity index (χ0v) is 22.8. The van der Waals surface area contributed by atoms with Crippen LogP contribution in [-0.4, -0.2) is 53.5 Å². The third kappa shape index (κ3) is 5.81. The van der Waals surface area contributed by atoms with E-state index in [-0.39, 0.29) is 18.3 Å². The van der Waals surface area contributed by atoms with Gasteiger partial charge in [0.2, 0.25) is 0 Å². The van der Waals surface area contributed by atoms with Gasteiger partial charge in [0, 0.05) is 60.3 Å². The zero-order chi connectivity index (χ0) is 26.9. The molecule has 2 aromatic heterocycles. The molecule has 7 nitrogen and oxygen atoms in total. The second-order valence-corrected chi connectivity index (χ2v) is 11.6. The number of nitrogens with zero attached hydrogens (tertiary/aromatic N) is 3. The summed E-state index contributed by atoms with van der Waals surface area (Å²) in [5, 5.41) is 1.58. The Bertz CT molecular complexity index is 1470. The van der Waals surface area contributed by atoms with Crippen molar-refractivity contribution in [1.29, 1.82) is 0 Å². The molecule has 2 aromatic carbocycles. The van der Waals surface area contributed by atoms with Crippen molar-refractivity contribution in [2.24, 2.45) is 0 Å². The molecule has 8 heteroatoms. The van der Waals surface area contributed by atoms with Crippen LogP contribution in [0, 0.1) is 0 Å². The van der Waals surface area contributed by atoms with Gasteiger partial charge in [0.25, 0.3) is 0 Å². The monoisotopic (exact) mass is 528 g/mol. The molecule has 38 heavy (non-hydrogen) atoms. The molecule has 0 radical (unpaired) electrons. The molecule has 196 valence electrons. The van der Waals surface area contributed by atoms with E-state index in [9.17, 15) is 9.59 Å². The van der Waals surface area contributed by atoms with Crippen molar-refractivity contribution in [2.75, 3.05) is 36.8 Å². The minimum absolute atomic E-state index is 0.00847. The average molecular weight is 529 g/mol. The van der Waals surface area contributed by atoms with Crippen molar-refractivity contribution in [3.05, 3.63) is 78.0 Å². The van der Waals surface area contributed by atoms with Crippen molar-refractivity contribution in [1.82, 2.24) is 9.88 Å². The predicted octanol–water partition coefficient (Wildman–Crippen LogP) is 6.03. The van der Waals surface area contributed by atoms with Gasteiger partial charge < -0.3 is 20.3 Å². The number of hydrogen-bond acceptors (Lipinski definition) is 7. The molecule has 1 aliphatic rings. The highest BCUT2D eigenvalue weighted by molar-refractivity contribution is 7.19. The number of aromatic nitrogens is 1. The summed E-state index contributed by atoms with van der Waals surface area (Å²) in [6, 6.07) is 20.0. The number of carbonyl (C=O) groups is 2. The van der Waals surface area contributed by atoms with Gasteiger partial charge in [-0.1, -0.05) is 36.4 Å². The predicted molar refractivity (Wildman–Crippen MR) is 154 cm³/mol. The number of hydrogen-bond donors (Lipinski definition) is 1. The molecule has 4 aromatic rings. The van der Waals surface area contributed by atoms with E-state index < -0.39 is 5.60 Å². The second kappa shape index (κ2) is 10.5. The number of thiophene rings is 1.